The highest BCUT2D eigenvalue weighted by molar-refractivity contribution is 9.10. The Bertz CT molecular complexity index is 1050. The van der Waals surface area contributed by atoms with Crippen LogP contribution in [0.5, 0.6) is 5.75 Å². The zero-order valence-electron chi connectivity index (χ0n) is 15.1. The minimum atomic E-state index is -0.516. The van der Waals surface area contributed by atoms with Crippen molar-refractivity contribution in [3.05, 3.63) is 76.5 Å². The molecule has 0 fully saturated rings. The van der Waals surface area contributed by atoms with Crippen molar-refractivity contribution in [2.24, 2.45) is 0 Å². The minimum absolute atomic E-state index is 0.0569. The number of nitrogens with zero attached hydrogens (tertiary/aromatic N) is 1. The number of hydrogen-bond acceptors (Lipinski definition) is 4. The van der Waals surface area contributed by atoms with E-state index in [-0.39, 0.29) is 5.57 Å². The van der Waals surface area contributed by atoms with Crippen molar-refractivity contribution in [3.63, 3.8) is 0 Å². The Kier molecular flexibility index (Phi) is 6.30. The number of benzene rings is 2. The molecular formula is C22H17BrN2O3. The number of hydrogen-bond donors (Lipinski definition) is 1. The molecule has 140 valence electrons. The average Bonchev–Trinajstić information content (AvgIpc) is 3.16. The summed E-state index contributed by atoms with van der Waals surface area (Å²) in [6, 6.07) is 20.1. The van der Waals surface area contributed by atoms with Gasteiger partial charge in [-0.2, -0.15) is 5.26 Å². The average molecular weight is 437 g/mol. The fourth-order valence-electron chi connectivity index (χ4n) is 2.52. The second-order valence-corrected chi connectivity index (χ2v) is 6.71. The number of nitriles is 1. The molecule has 1 amide bonds. The lowest BCUT2D eigenvalue weighted by Gasteiger charge is -2.07. The highest BCUT2D eigenvalue weighted by atomic mass is 79.9. The summed E-state index contributed by atoms with van der Waals surface area (Å²) in [7, 11) is 0. The first-order valence-corrected chi connectivity index (χ1v) is 9.40. The van der Waals surface area contributed by atoms with E-state index in [0.29, 0.717) is 29.6 Å². The molecule has 1 aromatic heterocycles. The van der Waals surface area contributed by atoms with Crippen LogP contribution in [0.15, 0.2) is 75.1 Å². The predicted molar refractivity (Wildman–Crippen MR) is 112 cm³/mol. The van der Waals surface area contributed by atoms with E-state index in [1.807, 2.05) is 37.3 Å². The van der Waals surface area contributed by atoms with Gasteiger partial charge in [0.15, 0.2) is 0 Å². The third-order valence-electron chi connectivity index (χ3n) is 3.81. The first kappa shape index (κ1) is 19.5. The van der Waals surface area contributed by atoms with Gasteiger partial charge >= 0.3 is 0 Å². The molecule has 0 spiro atoms. The van der Waals surface area contributed by atoms with Gasteiger partial charge in [0.05, 0.1) is 6.61 Å². The molecular weight excluding hydrogens is 420 g/mol. The molecule has 1 heterocycles. The topological polar surface area (TPSA) is 75.3 Å². The van der Waals surface area contributed by atoms with E-state index in [1.54, 1.807) is 36.4 Å². The van der Waals surface area contributed by atoms with Crippen LogP contribution in [0, 0.1) is 11.3 Å². The Labute approximate surface area is 171 Å². The molecule has 6 heteroatoms. The monoisotopic (exact) mass is 436 g/mol. The van der Waals surface area contributed by atoms with Crippen molar-refractivity contribution in [1.82, 2.24) is 0 Å². The van der Waals surface area contributed by atoms with Gasteiger partial charge in [0.1, 0.15) is 28.9 Å². The van der Waals surface area contributed by atoms with Gasteiger partial charge in [-0.25, -0.2) is 0 Å². The summed E-state index contributed by atoms with van der Waals surface area (Å²) in [6.45, 7) is 2.41. The highest BCUT2D eigenvalue weighted by Gasteiger charge is 2.12. The van der Waals surface area contributed by atoms with E-state index < -0.39 is 5.91 Å². The number of anilines is 1. The van der Waals surface area contributed by atoms with Crippen molar-refractivity contribution in [2.45, 2.75) is 6.92 Å². The van der Waals surface area contributed by atoms with Crippen LogP contribution in [0.25, 0.3) is 17.4 Å². The molecule has 0 aliphatic heterocycles. The fraction of sp³-hybridized carbons (Fsp3) is 0.0909. The van der Waals surface area contributed by atoms with Gasteiger partial charge in [0.2, 0.25) is 0 Å². The summed E-state index contributed by atoms with van der Waals surface area (Å²) in [5.74, 6) is 1.21. The Morgan fingerprint density at radius 3 is 2.71 bits per heavy atom. The summed E-state index contributed by atoms with van der Waals surface area (Å²) < 4.78 is 12.1. The van der Waals surface area contributed by atoms with Crippen LogP contribution in [-0.2, 0) is 4.79 Å². The number of carbonyl (C=O) groups excluding carboxylic acids is 1. The lowest BCUT2D eigenvalue weighted by Crippen LogP contribution is -2.13. The summed E-state index contributed by atoms with van der Waals surface area (Å²) in [6.07, 6.45) is 1.42. The maximum atomic E-state index is 12.4. The molecule has 3 aromatic rings. The lowest BCUT2D eigenvalue weighted by molar-refractivity contribution is -0.112. The first-order valence-electron chi connectivity index (χ1n) is 8.61. The zero-order chi connectivity index (χ0) is 19.9. The molecule has 0 aliphatic carbocycles. The molecule has 28 heavy (non-hydrogen) atoms. The third-order valence-corrected chi connectivity index (χ3v) is 4.34. The van der Waals surface area contributed by atoms with Gasteiger partial charge in [0, 0.05) is 27.9 Å². The van der Waals surface area contributed by atoms with Crippen LogP contribution in [-0.4, -0.2) is 12.5 Å². The van der Waals surface area contributed by atoms with Crippen molar-refractivity contribution in [2.75, 3.05) is 11.9 Å². The summed E-state index contributed by atoms with van der Waals surface area (Å²) in [4.78, 5) is 12.4. The van der Waals surface area contributed by atoms with Crippen molar-refractivity contribution < 1.29 is 13.9 Å². The van der Waals surface area contributed by atoms with E-state index in [1.165, 1.54) is 6.08 Å². The van der Waals surface area contributed by atoms with Crippen LogP contribution < -0.4 is 10.1 Å². The highest BCUT2D eigenvalue weighted by Crippen LogP contribution is 2.25. The number of ether oxygens (including phenoxy) is 1. The molecule has 0 radical (unpaired) electrons. The Morgan fingerprint density at radius 1 is 1.21 bits per heavy atom. The van der Waals surface area contributed by atoms with Gasteiger partial charge in [0.25, 0.3) is 5.91 Å². The van der Waals surface area contributed by atoms with E-state index in [9.17, 15) is 10.1 Å². The van der Waals surface area contributed by atoms with Crippen LogP contribution >= 0.6 is 15.9 Å². The third kappa shape index (κ3) is 4.90. The van der Waals surface area contributed by atoms with Gasteiger partial charge in [-0.1, -0.05) is 34.1 Å². The predicted octanol–water partition coefficient (Wildman–Crippen LogP) is 5.65. The Balaban J connectivity index is 1.76. The summed E-state index contributed by atoms with van der Waals surface area (Å²) in [5, 5.41) is 12.1. The Morgan fingerprint density at radius 2 is 2.00 bits per heavy atom. The number of amides is 1. The van der Waals surface area contributed by atoms with Crippen LogP contribution in [0.1, 0.15) is 12.7 Å². The molecule has 1 N–H and O–H groups in total. The maximum Gasteiger partial charge on any atom is 0.266 e. The largest absolute Gasteiger partial charge is 0.494 e. The number of carbonyl (C=O) groups is 1. The summed E-state index contributed by atoms with van der Waals surface area (Å²) >= 11 is 3.39. The second-order valence-electron chi connectivity index (χ2n) is 5.79. The molecule has 0 saturated heterocycles. The number of rotatable bonds is 6. The van der Waals surface area contributed by atoms with E-state index in [4.69, 9.17) is 9.15 Å². The van der Waals surface area contributed by atoms with Gasteiger partial charge in [-0.15, -0.1) is 0 Å². The Hall–Kier alpha value is -3.30. The number of furan rings is 1. The van der Waals surface area contributed by atoms with Crippen LogP contribution in [0.2, 0.25) is 0 Å². The lowest BCUT2D eigenvalue weighted by atomic mass is 10.2. The molecule has 0 saturated carbocycles. The van der Waals surface area contributed by atoms with Crippen molar-refractivity contribution >= 4 is 33.6 Å². The molecule has 0 bridgehead atoms. The SMILES string of the molecule is CCOc1cccc(NC(=O)/C(C#N)=C/c2ccc(-c3ccc(Br)cc3)o2)c1. The number of halogens is 1. The van der Waals surface area contributed by atoms with E-state index in [2.05, 4.69) is 21.2 Å². The first-order chi connectivity index (χ1) is 13.6. The van der Waals surface area contributed by atoms with Gasteiger partial charge < -0.3 is 14.5 Å². The zero-order valence-corrected chi connectivity index (χ0v) is 16.7. The normalized spacial score (nSPS) is 11.0. The van der Waals surface area contributed by atoms with E-state index in [0.717, 1.165) is 10.0 Å². The van der Waals surface area contributed by atoms with E-state index >= 15 is 0 Å². The van der Waals surface area contributed by atoms with Gasteiger partial charge in [-0.05, 0) is 43.3 Å². The quantitative estimate of drug-likeness (QED) is 0.399. The smallest absolute Gasteiger partial charge is 0.266 e. The minimum Gasteiger partial charge on any atom is -0.494 e. The molecule has 3 rings (SSSR count). The molecule has 0 unspecified atom stereocenters. The molecule has 2 aromatic carbocycles. The second kappa shape index (κ2) is 9.07. The van der Waals surface area contributed by atoms with Crippen LogP contribution in [0.3, 0.4) is 0 Å². The number of nitrogens with one attached hydrogen (secondary N) is 1. The van der Waals surface area contributed by atoms with Crippen molar-refractivity contribution in [1.29, 1.82) is 5.26 Å². The van der Waals surface area contributed by atoms with Gasteiger partial charge in [-0.3, -0.25) is 4.79 Å². The standard InChI is InChI=1S/C22H17BrN2O3/c1-2-27-19-5-3-4-18(13-19)25-22(26)16(14-24)12-20-10-11-21(28-20)15-6-8-17(23)9-7-15/h3-13H,2H2,1H3,(H,25,26)/b16-12+. The molecule has 0 atom stereocenters. The molecule has 5 nitrogen and oxygen atoms in total. The summed E-state index contributed by atoms with van der Waals surface area (Å²) in [5.41, 5.74) is 1.39. The van der Waals surface area contributed by atoms with Crippen molar-refractivity contribution in [3.8, 4) is 23.1 Å². The molecule has 0 aliphatic rings. The maximum absolute atomic E-state index is 12.4. The van der Waals surface area contributed by atoms with Crippen LogP contribution in [0.4, 0.5) is 5.69 Å². The fourth-order valence-corrected chi connectivity index (χ4v) is 2.78.